The summed E-state index contributed by atoms with van der Waals surface area (Å²) in [4.78, 5) is 28.7. The van der Waals surface area contributed by atoms with Crippen LogP contribution in [0.5, 0.6) is 11.5 Å². The van der Waals surface area contributed by atoms with E-state index in [0.717, 1.165) is 15.4 Å². The highest BCUT2D eigenvalue weighted by Gasteiger charge is 2.34. The van der Waals surface area contributed by atoms with Crippen LogP contribution < -0.4 is 19.1 Å². The second-order valence-corrected chi connectivity index (χ2v) is 13.3. The predicted octanol–water partition coefficient (Wildman–Crippen LogP) is 6.15. The highest BCUT2D eigenvalue weighted by atomic mass is 35.5. The lowest BCUT2D eigenvalue weighted by Gasteiger charge is -2.33. The SMILES string of the molecule is CC[C@@H](C)NC(=O)[C@H](C)N(Cc1c(Cl)cccc1Cl)C(=O)CN(c1cc(C)cc(C)c1)S(=O)(=O)c1ccc(OC)c(OC)c1. The molecule has 0 bridgehead atoms. The molecule has 2 atom stereocenters. The van der Waals surface area contributed by atoms with Gasteiger partial charge in [-0.05, 0) is 81.6 Å². The molecular formula is C32H39Cl2N3O6S. The number of ether oxygens (including phenoxy) is 2. The molecule has 0 heterocycles. The van der Waals surface area contributed by atoms with Crippen LogP contribution in [0.15, 0.2) is 59.5 Å². The van der Waals surface area contributed by atoms with Gasteiger partial charge in [-0.25, -0.2) is 8.42 Å². The Morgan fingerprint density at radius 1 is 0.909 bits per heavy atom. The molecule has 12 heteroatoms. The highest BCUT2D eigenvalue weighted by Crippen LogP contribution is 2.33. The Morgan fingerprint density at radius 3 is 2.05 bits per heavy atom. The van der Waals surface area contributed by atoms with E-state index in [9.17, 15) is 18.0 Å². The van der Waals surface area contributed by atoms with Crippen LogP contribution in [-0.4, -0.2) is 58.0 Å². The lowest BCUT2D eigenvalue weighted by Crippen LogP contribution is -2.52. The maximum atomic E-state index is 14.3. The van der Waals surface area contributed by atoms with E-state index in [1.807, 2.05) is 33.8 Å². The summed E-state index contributed by atoms with van der Waals surface area (Å²) in [5, 5.41) is 3.53. The fourth-order valence-corrected chi connectivity index (χ4v) is 6.56. The van der Waals surface area contributed by atoms with Crippen molar-refractivity contribution in [3.8, 4) is 11.5 Å². The monoisotopic (exact) mass is 663 g/mol. The molecule has 2 amide bonds. The van der Waals surface area contributed by atoms with Crippen molar-refractivity contribution in [1.82, 2.24) is 10.2 Å². The van der Waals surface area contributed by atoms with E-state index < -0.39 is 34.4 Å². The number of benzene rings is 3. The zero-order valence-corrected chi connectivity index (χ0v) is 28.3. The largest absolute Gasteiger partial charge is 0.493 e. The van der Waals surface area contributed by atoms with Crippen molar-refractivity contribution in [3.63, 3.8) is 0 Å². The number of hydrogen-bond donors (Lipinski definition) is 1. The molecule has 0 aliphatic heterocycles. The number of carbonyl (C=O) groups is 2. The predicted molar refractivity (Wildman–Crippen MR) is 174 cm³/mol. The number of halogens is 2. The zero-order chi connectivity index (χ0) is 32.8. The second kappa shape index (κ2) is 15.0. The maximum Gasteiger partial charge on any atom is 0.264 e. The minimum Gasteiger partial charge on any atom is -0.493 e. The van der Waals surface area contributed by atoms with Gasteiger partial charge in [0.25, 0.3) is 10.0 Å². The van der Waals surface area contributed by atoms with Gasteiger partial charge < -0.3 is 19.7 Å². The summed E-state index contributed by atoms with van der Waals surface area (Å²) in [5.41, 5.74) is 2.34. The van der Waals surface area contributed by atoms with E-state index >= 15 is 0 Å². The average molecular weight is 665 g/mol. The van der Waals surface area contributed by atoms with E-state index in [4.69, 9.17) is 32.7 Å². The Hall–Kier alpha value is -3.47. The van der Waals surface area contributed by atoms with Crippen molar-refractivity contribution in [2.24, 2.45) is 0 Å². The van der Waals surface area contributed by atoms with E-state index in [0.29, 0.717) is 27.8 Å². The Kier molecular flexibility index (Phi) is 11.9. The molecule has 3 aromatic rings. The summed E-state index contributed by atoms with van der Waals surface area (Å²) in [6, 6.07) is 13.3. The Labute approximate surface area is 270 Å². The van der Waals surface area contributed by atoms with Crippen molar-refractivity contribution in [2.45, 2.75) is 64.6 Å². The number of sulfonamides is 1. The van der Waals surface area contributed by atoms with Crippen LogP contribution in [0.2, 0.25) is 10.0 Å². The van der Waals surface area contributed by atoms with Gasteiger partial charge in [-0.3, -0.25) is 13.9 Å². The van der Waals surface area contributed by atoms with Gasteiger partial charge in [0.2, 0.25) is 11.8 Å². The molecule has 0 saturated heterocycles. The molecule has 1 N–H and O–H groups in total. The number of rotatable bonds is 13. The van der Waals surface area contributed by atoms with Crippen LogP contribution in [0.25, 0.3) is 0 Å². The molecule has 3 aromatic carbocycles. The number of amides is 2. The standard InChI is InChI=1S/C32H39Cl2N3O6S/c1-8-22(4)35-32(39)23(5)36(18-26-27(33)10-9-11-28(26)34)31(38)19-37(24-15-20(2)14-21(3)16-24)44(40,41)25-12-13-29(42-6)30(17-25)43-7/h9-17,22-23H,8,18-19H2,1-7H3,(H,35,39)/t22-,23+/m1/s1. The fourth-order valence-electron chi connectivity index (χ4n) is 4.63. The lowest BCUT2D eigenvalue weighted by atomic mass is 10.1. The van der Waals surface area contributed by atoms with Crippen molar-refractivity contribution in [2.75, 3.05) is 25.1 Å². The molecule has 9 nitrogen and oxygen atoms in total. The van der Waals surface area contributed by atoms with Crippen molar-refractivity contribution in [3.05, 3.63) is 81.3 Å². The van der Waals surface area contributed by atoms with Gasteiger partial charge in [-0.1, -0.05) is 42.3 Å². The summed E-state index contributed by atoms with van der Waals surface area (Å²) < 4.78 is 40.2. The van der Waals surface area contributed by atoms with Gasteiger partial charge in [0.05, 0.1) is 24.8 Å². The number of anilines is 1. The van der Waals surface area contributed by atoms with Crippen LogP contribution in [0.4, 0.5) is 5.69 Å². The van der Waals surface area contributed by atoms with Crippen LogP contribution in [-0.2, 0) is 26.2 Å². The third kappa shape index (κ3) is 8.16. The highest BCUT2D eigenvalue weighted by molar-refractivity contribution is 7.92. The van der Waals surface area contributed by atoms with Crippen LogP contribution >= 0.6 is 23.2 Å². The summed E-state index contributed by atoms with van der Waals surface area (Å²) in [5.74, 6) is -0.456. The molecular weight excluding hydrogens is 625 g/mol. The van der Waals surface area contributed by atoms with E-state index in [1.54, 1.807) is 37.3 Å². The number of hydrogen-bond acceptors (Lipinski definition) is 6. The second-order valence-electron chi connectivity index (χ2n) is 10.6. The first-order chi connectivity index (χ1) is 20.7. The smallest absolute Gasteiger partial charge is 0.264 e. The molecule has 0 aromatic heterocycles. The molecule has 3 rings (SSSR count). The fraction of sp³-hybridized carbons (Fsp3) is 0.375. The zero-order valence-electron chi connectivity index (χ0n) is 26.0. The van der Waals surface area contributed by atoms with Crippen LogP contribution in [0, 0.1) is 13.8 Å². The minimum absolute atomic E-state index is 0.106. The first kappa shape index (κ1) is 35.0. The van der Waals surface area contributed by atoms with Crippen molar-refractivity contribution in [1.29, 1.82) is 0 Å². The molecule has 238 valence electrons. The van der Waals surface area contributed by atoms with E-state index in [-0.39, 0.29) is 28.9 Å². The Balaban J connectivity index is 2.14. The first-order valence-electron chi connectivity index (χ1n) is 14.1. The average Bonchev–Trinajstić information content (AvgIpc) is 2.98. The summed E-state index contributed by atoms with van der Waals surface area (Å²) in [7, 11) is -1.48. The molecule has 0 fully saturated rings. The Morgan fingerprint density at radius 2 is 1.50 bits per heavy atom. The number of aryl methyl sites for hydroxylation is 2. The molecule has 0 saturated carbocycles. The normalized spacial score (nSPS) is 12.7. The third-order valence-electron chi connectivity index (χ3n) is 7.27. The summed E-state index contributed by atoms with van der Waals surface area (Å²) in [6.07, 6.45) is 0.687. The third-order valence-corrected chi connectivity index (χ3v) is 9.75. The molecule has 0 unspecified atom stereocenters. The number of nitrogens with one attached hydrogen (secondary N) is 1. The molecule has 0 radical (unpaired) electrons. The van der Waals surface area contributed by atoms with E-state index in [1.165, 1.54) is 37.3 Å². The van der Waals surface area contributed by atoms with Crippen molar-refractivity contribution < 1.29 is 27.5 Å². The number of carbonyl (C=O) groups excluding carboxylic acids is 2. The van der Waals surface area contributed by atoms with E-state index in [2.05, 4.69) is 5.32 Å². The lowest BCUT2D eigenvalue weighted by molar-refractivity contribution is -0.139. The number of methoxy groups -OCH3 is 2. The van der Waals surface area contributed by atoms with Gasteiger partial charge in [0.15, 0.2) is 11.5 Å². The Bertz CT molecular complexity index is 1570. The molecule has 0 aliphatic carbocycles. The van der Waals surface area contributed by atoms with Gasteiger partial charge in [0.1, 0.15) is 12.6 Å². The van der Waals surface area contributed by atoms with Gasteiger partial charge in [-0.15, -0.1) is 0 Å². The quantitative estimate of drug-likeness (QED) is 0.235. The molecule has 44 heavy (non-hydrogen) atoms. The van der Waals surface area contributed by atoms with Gasteiger partial charge in [0, 0.05) is 34.3 Å². The summed E-state index contributed by atoms with van der Waals surface area (Å²) >= 11 is 12.9. The van der Waals surface area contributed by atoms with Crippen LogP contribution in [0.1, 0.15) is 43.9 Å². The number of nitrogens with zero attached hydrogens (tertiary/aromatic N) is 2. The molecule has 0 spiro atoms. The van der Waals surface area contributed by atoms with Crippen LogP contribution in [0.3, 0.4) is 0 Å². The molecule has 0 aliphatic rings. The van der Waals surface area contributed by atoms with Gasteiger partial charge >= 0.3 is 0 Å². The maximum absolute atomic E-state index is 14.3. The van der Waals surface area contributed by atoms with Gasteiger partial charge in [-0.2, -0.15) is 0 Å². The van der Waals surface area contributed by atoms with Crippen molar-refractivity contribution >= 4 is 50.7 Å². The first-order valence-corrected chi connectivity index (χ1v) is 16.3. The topological polar surface area (TPSA) is 105 Å². The minimum atomic E-state index is -4.33. The summed E-state index contributed by atoms with van der Waals surface area (Å²) in [6.45, 7) is 8.33.